The minimum atomic E-state index is -0.0962. The summed E-state index contributed by atoms with van der Waals surface area (Å²) >= 11 is 1.66. The molecular formula is C14H16N4O2S. The molecule has 0 radical (unpaired) electrons. The number of hydrogen-bond donors (Lipinski definition) is 0. The number of hydrogen-bond acceptors (Lipinski definition) is 6. The Balaban J connectivity index is 1.79. The topological polar surface area (TPSA) is 69.9 Å². The fourth-order valence-corrected chi connectivity index (χ4v) is 4.16. The number of ether oxygens (including phenoxy) is 1. The van der Waals surface area contributed by atoms with Crippen LogP contribution in [0.1, 0.15) is 58.5 Å². The quantitative estimate of drug-likeness (QED) is 0.814. The average Bonchev–Trinajstić information content (AvgIpc) is 3.23. The summed E-state index contributed by atoms with van der Waals surface area (Å²) in [7, 11) is 0. The number of rotatable bonds is 3. The van der Waals surface area contributed by atoms with Crippen LogP contribution in [0.4, 0.5) is 0 Å². The molecule has 1 aliphatic heterocycles. The van der Waals surface area contributed by atoms with E-state index < -0.39 is 0 Å². The van der Waals surface area contributed by atoms with E-state index in [1.807, 2.05) is 0 Å². The van der Waals surface area contributed by atoms with E-state index in [-0.39, 0.29) is 6.10 Å². The van der Waals surface area contributed by atoms with Crippen molar-refractivity contribution >= 4 is 17.6 Å². The molecule has 0 aromatic carbocycles. The van der Waals surface area contributed by atoms with Crippen molar-refractivity contribution in [3.8, 4) is 5.13 Å². The third kappa shape index (κ3) is 2.20. The monoisotopic (exact) mass is 304 g/mol. The summed E-state index contributed by atoms with van der Waals surface area (Å²) in [5, 5.41) is 8.95. The molecule has 0 bridgehead atoms. The second-order valence-corrected chi connectivity index (χ2v) is 6.53. The Hall–Kier alpha value is -1.60. The molecule has 110 valence electrons. The van der Waals surface area contributed by atoms with Crippen molar-refractivity contribution in [1.82, 2.24) is 20.0 Å². The number of carbonyl (C=O) groups is 1. The molecule has 1 aliphatic carbocycles. The zero-order valence-corrected chi connectivity index (χ0v) is 12.4. The summed E-state index contributed by atoms with van der Waals surface area (Å²) in [6, 6.07) is 0. The van der Waals surface area contributed by atoms with Gasteiger partial charge < -0.3 is 4.74 Å². The molecule has 7 heteroatoms. The SMILES string of the molecule is O=Cc1nnn(-c2nc3c(s2)CCCC3)c1C1CCCO1. The van der Waals surface area contributed by atoms with E-state index in [9.17, 15) is 4.79 Å². The van der Waals surface area contributed by atoms with E-state index in [1.165, 1.54) is 23.4 Å². The lowest BCUT2D eigenvalue weighted by molar-refractivity contribution is 0.102. The van der Waals surface area contributed by atoms with Gasteiger partial charge in [0.25, 0.3) is 0 Å². The number of fused-ring (bicyclic) bond motifs is 1. The number of nitrogens with zero attached hydrogens (tertiary/aromatic N) is 4. The van der Waals surface area contributed by atoms with Crippen LogP contribution in [0.15, 0.2) is 0 Å². The summed E-state index contributed by atoms with van der Waals surface area (Å²) in [4.78, 5) is 17.3. The molecule has 0 amide bonds. The molecule has 4 rings (SSSR count). The normalized spacial score (nSPS) is 21.4. The molecule has 0 spiro atoms. The Bertz CT molecular complexity index is 649. The fourth-order valence-electron chi connectivity index (χ4n) is 3.05. The highest BCUT2D eigenvalue weighted by atomic mass is 32.1. The van der Waals surface area contributed by atoms with E-state index in [1.54, 1.807) is 16.0 Å². The Morgan fingerprint density at radius 3 is 2.95 bits per heavy atom. The highest BCUT2D eigenvalue weighted by molar-refractivity contribution is 7.14. The van der Waals surface area contributed by atoms with Crippen molar-refractivity contribution in [1.29, 1.82) is 0 Å². The van der Waals surface area contributed by atoms with Crippen LogP contribution in [-0.2, 0) is 17.6 Å². The van der Waals surface area contributed by atoms with Crippen LogP contribution in [0, 0.1) is 0 Å². The first-order valence-electron chi connectivity index (χ1n) is 7.38. The van der Waals surface area contributed by atoms with Crippen molar-refractivity contribution in [2.75, 3.05) is 6.61 Å². The van der Waals surface area contributed by atoms with Gasteiger partial charge in [0.15, 0.2) is 12.0 Å². The molecule has 1 saturated heterocycles. The maximum absolute atomic E-state index is 11.2. The van der Waals surface area contributed by atoms with Gasteiger partial charge in [0.05, 0.1) is 5.69 Å². The van der Waals surface area contributed by atoms with Gasteiger partial charge in [-0.05, 0) is 38.5 Å². The van der Waals surface area contributed by atoms with Gasteiger partial charge in [0.2, 0.25) is 5.13 Å². The van der Waals surface area contributed by atoms with E-state index in [0.29, 0.717) is 5.69 Å². The highest BCUT2D eigenvalue weighted by Gasteiger charge is 2.28. The van der Waals surface area contributed by atoms with Crippen LogP contribution in [0.3, 0.4) is 0 Å². The minimum absolute atomic E-state index is 0.0962. The van der Waals surface area contributed by atoms with Gasteiger partial charge in [0.1, 0.15) is 11.8 Å². The first-order chi connectivity index (χ1) is 10.4. The van der Waals surface area contributed by atoms with Gasteiger partial charge in [-0.1, -0.05) is 16.6 Å². The predicted molar refractivity (Wildman–Crippen MR) is 77.0 cm³/mol. The fraction of sp³-hybridized carbons (Fsp3) is 0.571. The third-order valence-corrected chi connectivity index (χ3v) is 5.23. The first kappa shape index (κ1) is 13.1. The van der Waals surface area contributed by atoms with Gasteiger partial charge in [-0.25, -0.2) is 4.98 Å². The van der Waals surface area contributed by atoms with Crippen LogP contribution in [0.2, 0.25) is 0 Å². The Morgan fingerprint density at radius 2 is 2.19 bits per heavy atom. The molecule has 0 saturated carbocycles. The predicted octanol–water partition coefficient (Wildman–Crippen LogP) is 2.27. The summed E-state index contributed by atoms with van der Waals surface area (Å²) in [6.45, 7) is 0.725. The maximum Gasteiger partial charge on any atom is 0.212 e. The van der Waals surface area contributed by atoms with Gasteiger partial charge in [0, 0.05) is 11.5 Å². The molecule has 2 aromatic rings. The molecule has 21 heavy (non-hydrogen) atoms. The van der Waals surface area contributed by atoms with Gasteiger partial charge in [-0.15, -0.1) is 5.10 Å². The van der Waals surface area contributed by atoms with Crippen molar-refractivity contribution in [2.24, 2.45) is 0 Å². The minimum Gasteiger partial charge on any atom is -0.372 e. The lowest BCUT2D eigenvalue weighted by Gasteiger charge is -2.10. The number of aryl methyl sites for hydroxylation is 2. The summed E-state index contributed by atoms with van der Waals surface area (Å²) in [6.07, 6.45) is 7.13. The summed E-state index contributed by atoms with van der Waals surface area (Å²) in [5.41, 5.74) is 2.31. The van der Waals surface area contributed by atoms with Crippen molar-refractivity contribution in [3.05, 3.63) is 22.0 Å². The molecule has 2 aromatic heterocycles. The van der Waals surface area contributed by atoms with Gasteiger partial charge in [-0.3, -0.25) is 4.79 Å². The van der Waals surface area contributed by atoms with Crippen LogP contribution < -0.4 is 0 Å². The molecule has 6 nitrogen and oxygen atoms in total. The summed E-state index contributed by atoms with van der Waals surface area (Å²) < 4.78 is 7.43. The Morgan fingerprint density at radius 1 is 1.29 bits per heavy atom. The smallest absolute Gasteiger partial charge is 0.212 e. The highest BCUT2D eigenvalue weighted by Crippen LogP contribution is 2.34. The third-order valence-electron chi connectivity index (χ3n) is 4.09. The molecule has 3 heterocycles. The second kappa shape index (κ2) is 5.31. The van der Waals surface area contributed by atoms with E-state index in [0.717, 1.165) is 49.4 Å². The summed E-state index contributed by atoms with van der Waals surface area (Å²) in [5.74, 6) is 0. The zero-order valence-electron chi connectivity index (χ0n) is 11.6. The van der Waals surface area contributed by atoms with Crippen LogP contribution in [0.5, 0.6) is 0 Å². The van der Waals surface area contributed by atoms with E-state index >= 15 is 0 Å². The zero-order chi connectivity index (χ0) is 14.2. The number of thiazole rings is 1. The maximum atomic E-state index is 11.2. The number of aromatic nitrogens is 4. The first-order valence-corrected chi connectivity index (χ1v) is 8.20. The molecule has 1 atom stereocenters. The Kier molecular flexibility index (Phi) is 3.31. The molecule has 2 aliphatic rings. The average molecular weight is 304 g/mol. The largest absolute Gasteiger partial charge is 0.372 e. The number of carbonyl (C=O) groups excluding carboxylic acids is 1. The van der Waals surface area contributed by atoms with Crippen molar-refractivity contribution in [2.45, 2.75) is 44.6 Å². The standard InChI is InChI=1S/C14H16N4O2S/c19-8-10-13(11-5-3-7-20-11)18(17-16-10)14-15-9-4-1-2-6-12(9)21-14/h8,11H,1-7H2. The van der Waals surface area contributed by atoms with Crippen molar-refractivity contribution in [3.63, 3.8) is 0 Å². The Labute approximate surface area is 126 Å². The lowest BCUT2D eigenvalue weighted by atomic mass is 10.0. The van der Waals surface area contributed by atoms with Crippen molar-refractivity contribution < 1.29 is 9.53 Å². The van der Waals surface area contributed by atoms with Crippen LogP contribution in [-0.4, -0.2) is 32.9 Å². The molecule has 1 unspecified atom stereocenters. The van der Waals surface area contributed by atoms with Gasteiger partial charge >= 0.3 is 0 Å². The number of aldehydes is 1. The van der Waals surface area contributed by atoms with Gasteiger partial charge in [-0.2, -0.15) is 4.68 Å². The lowest BCUT2D eigenvalue weighted by Crippen LogP contribution is -2.09. The molecular weight excluding hydrogens is 288 g/mol. The van der Waals surface area contributed by atoms with Crippen LogP contribution in [0.25, 0.3) is 5.13 Å². The van der Waals surface area contributed by atoms with E-state index in [4.69, 9.17) is 9.72 Å². The second-order valence-electron chi connectivity index (χ2n) is 5.46. The molecule has 0 N–H and O–H groups in total. The van der Waals surface area contributed by atoms with E-state index in [2.05, 4.69) is 10.3 Å². The molecule has 1 fully saturated rings. The van der Waals surface area contributed by atoms with Crippen LogP contribution >= 0.6 is 11.3 Å².